The first-order chi connectivity index (χ1) is 21.8. The quantitative estimate of drug-likeness (QED) is 0.238. The number of hydrogen-bond acceptors (Lipinski definition) is 6. The van der Waals surface area contributed by atoms with E-state index in [9.17, 15) is 9.59 Å². The van der Waals surface area contributed by atoms with Crippen LogP contribution in [0.3, 0.4) is 0 Å². The molecule has 1 aliphatic rings. The molecule has 0 spiro atoms. The molecule has 0 atom stereocenters. The van der Waals surface area contributed by atoms with E-state index in [1.807, 2.05) is 46.1 Å². The van der Waals surface area contributed by atoms with Crippen LogP contribution in [0.15, 0.2) is 73.1 Å². The van der Waals surface area contributed by atoms with Crippen molar-refractivity contribution < 1.29 is 23.9 Å². The van der Waals surface area contributed by atoms with E-state index in [4.69, 9.17) is 14.3 Å². The number of amides is 3. The largest absolute Gasteiger partial charge is 0.493 e. The minimum absolute atomic E-state index is 0.138. The molecule has 0 unspecified atom stereocenters. The van der Waals surface area contributed by atoms with E-state index in [2.05, 4.69) is 66.1 Å². The summed E-state index contributed by atoms with van der Waals surface area (Å²) in [6.07, 6.45) is 7.20. The molecule has 1 aliphatic heterocycles. The van der Waals surface area contributed by atoms with Crippen LogP contribution in [0.4, 0.5) is 10.5 Å². The molecule has 0 fully saturated rings. The van der Waals surface area contributed by atoms with Gasteiger partial charge in [-0.1, -0.05) is 48.5 Å². The highest BCUT2D eigenvalue weighted by atomic mass is 16.5. The number of benzene rings is 3. The van der Waals surface area contributed by atoms with E-state index in [1.54, 1.807) is 7.05 Å². The molecule has 234 valence electrons. The van der Waals surface area contributed by atoms with Crippen LogP contribution in [-0.2, 0) is 33.9 Å². The van der Waals surface area contributed by atoms with Gasteiger partial charge in [0.2, 0.25) is 5.91 Å². The molecule has 10 heteroatoms. The molecule has 1 aromatic heterocycles. The summed E-state index contributed by atoms with van der Waals surface area (Å²) in [4.78, 5) is 43.0. The smallest absolute Gasteiger partial charge is 0.373 e. The van der Waals surface area contributed by atoms with Crippen LogP contribution in [-0.4, -0.2) is 48.1 Å². The number of aryl methyl sites for hydroxylation is 1. The molecule has 2 heterocycles. The maximum atomic E-state index is 13.3. The van der Waals surface area contributed by atoms with Crippen molar-refractivity contribution in [3.05, 3.63) is 101 Å². The lowest BCUT2D eigenvalue weighted by Gasteiger charge is -2.31. The van der Waals surface area contributed by atoms with E-state index >= 15 is 0 Å². The fourth-order valence-corrected chi connectivity index (χ4v) is 5.46. The second-order valence-electron chi connectivity index (χ2n) is 10.9. The second-order valence-corrected chi connectivity index (χ2v) is 10.9. The minimum atomic E-state index is -0.203. The number of anilines is 1. The van der Waals surface area contributed by atoms with Crippen molar-refractivity contribution in [2.24, 2.45) is 0 Å². The van der Waals surface area contributed by atoms with Gasteiger partial charge in [-0.15, -0.1) is 0 Å². The number of hydrogen-bond donors (Lipinski definition) is 2. The van der Waals surface area contributed by atoms with Crippen molar-refractivity contribution in [2.75, 3.05) is 25.1 Å². The van der Waals surface area contributed by atoms with Crippen molar-refractivity contribution >= 4 is 23.8 Å². The molecule has 3 amide bonds. The van der Waals surface area contributed by atoms with E-state index in [-0.39, 0.29) is 18.1 Å². The van der Waals surface area contributed by atoms with E-state index in [1.165, 1.54) is 11.1 Å². The lowest BCUT2D eigenvalue weighted by molar-refractivity contribution is -0.191. The van der Waals surface area contributed by atoms with Crippen LogP contribution in [0, 0.1) is 13.8 Å². The van der Waals surface area contributed by atoms with Gasteiger partial charge in [0.1, 0.15) is 5.75 Å². The Balaban J connectivity index is 0.00000148. The number of urea groups is 1. The predicted molar refractivity (Wildman–Crippen MR) is 171 cm³/mol. The summed E-state index contributed by atoms with van der Waals surface area (Å²) in [6, 6.07) is 20.2. The molecular weight excluding hydrogens is 570 g/mol. The standard InChI is InChI=1S/C34H39N5O3.CO2/c1-24-9-4-15-32(25(24)2)42-18-8-16-33(40)39-17-7-13-30-29(12-6-14-31(30)39)28-21-37-38(23-28)22-27-11-5-10-26(19-27)20-36-34(41)35-3;2-1-3/h4-6,9-12,14-15,19,21,23H,7-8,13,16-18,20,22H2,1-3H3,(H2,35,36,41);. The maximum absolute atomic E-state index is 13.3. The summed E-state index contributed by atoms with van der Waals surface area (Å²) >= 11 is 0. The number of aromatic nitrogens is 2. The third kappa shape index (κ3) is 8.68. The van der Waals surface area contributed by atoms with E-state index in [0.717, 1.165) is 58.6 Å². The lowest BCUT2D eigenvalue weighted by atomic mass is 9.93. The van der Waals surface area contributed by atoms with E-state index in [0.29, 0.717) is 32.5 Å². The number of ether oxygens (including phenoxy) is 1. The van der Waals surface area contributed by atoms with Gasteiger partial charge in [-0.05, 0) is 78.6 Å². The van der Waals surface area contributed by atoms with Crippen molar-refractivity contribution in [2.45, 2.75) is 52.6 Å². The number of nitrogens with one attached hydrogen (secondary N) is 2. The summed E-state index contributed by atoms with van der Waals surface area (Å²) in [5, 5.41) is 10.0. The highest BCUT2D eigenvalue weighted by molar-refractivity contribution is 5.96. The van der Waals surface area contributed by atoms with Crippen LogP contribution >= 0.6 is 0 Å². The van der Waals surface area contributed by atoms with Gasteiger partial charge in [-0.25, -0.2) is 4.79 Å². The van der Waals surface area contributed by atoms with Crippen molar-refractivity contribution in [1.82, 2.24) is 20.4 Å². The fourth-order valence-electron chi connectivity index (χ4n) is 5.46. The van der Waals surface area contributed by atoms with Gasteiger partial charge >= 0.3 is 12.2 Å². The fraction of sp³-hybridized carbons (Fsp3) is 0.314. The molecule has 10 nitrogen and oxygen atoms in total. The molecule has 5 rings (SSSR count). The molecule has 2 N–H and O–H groups in total. The zero-order valence-corrected chi connectivity index (χ0v) is 26.0. The first-order valence-electron chi connectivity index (χ1n) is 15.0. The number of nitrogens with zero attached hydrogens (tertiary/aromatic N) is 3. The highest BCUT2D eigenvalue weighted by Gasteiger charge is 2.24. The highest BCUT2D eigenvalue weighted by Crippen LogP contribution is 2.36. The zero-order valence-electron chi connectivity index (χ0n) is 26.0. The van der Waals surface area contributed by atoms with Crippen molar-refractivity contribution in [3.63, 3.8) is 0 Å². The molecule has 0 saturated heterocycles. The van der Waals surface area contributed by atoms with Crippen LogP contribution in [0.2, 0.25) is 0 Å². The Morgan fingerprint density at radius 1 is 1.02 bits per heavy atom. The minimum Gasteiger partial charge on any atom is -0.493 e. The van der Waals surface area contributed by atoms with Gasteiger partial charge in [0.25, 0.3) is 0 Å². The third-order valence-electron chi connectivity index (χ3n) is 7.86. The van der Waals surface area contributed by atoms with Gasteiger partial charge in [0.15, 0.2) is 0 Å². The predicted octanol–water partition coefficient (Wildman–Crippen LogP) is 5.20. The van der Waals surface area contributed by atoms with Gasteiger partial charge in [-0.2, -0.15) is 14.7 Å². The third-order valence-corrected chi connectivity index (χ3v) is 7.86. The average Bonchev–Trinajstić information content (AvgIpc) is 3.51. The number of carbonyl (C=O) groups is 2. The van der Waals surface area contributed by atoms with Crippen LogP contribution in [0.5, 0.6) is 5.75 Å². The lowest BCUT2D eigenvalue weighted by Crippen LogP contribution is -2.35. The number of carbonyl (C=O) groups excluding carboxylic acids is 4. The molecule has 0 aliphatic carbocycles. The SMILES string of the molecule is CNC(=O)NCc1cccc(Cn2cc(-c3cccc4c3CCCN4C(=O)CCCOc3cccc(C)c3C)cn2)c1.O=C=O. The van der Waals surface area contributed by atoms with E-state index < -0.39 is 0 Å². The molecule has 4 aromatic rings. The topological polar surface area (TPSA) is 123 Å². The average molecular weight is 610 g/mol. The maximum Gasteiger partial charge on any atom is 0.373 e. The molecular formula is C35H39N5O5. The van der Waals surface area contributed by atoms with Crippen LogP contribution < -0.4 is 20.3 Å². The summed E-state index contributed by atoms with van der Waals surface area (Å²) in [7, 11) is 1.60. The summed E-state index contributed by atoms with van der Waals surface area (Å²) < 4.78 is 7.91. The Labute approximate surface area is 263 Å². The van der Waals surface area contributed by atoms with Crippen molar-refractivity contribution in [1.29, 1.82) is 0 Å². The van der Waals surface area contributed by atoms with Gasteiger partial charge < -0.3 is 20.3 Å². The Kier molecular flexibility index (Phi) is 11.6. The van der Waals surface area contributed by atoms with Crippen LogP contribution in [0.1, 0.15) is 47.1 Å². The summed E-state index contributed by atoms with van der Waals surface area (Å²) in [6.45, 7) is 6.48. The normalized spacial score (nSPS) is 11.8. The summed E-state index contributed by atoms with van der Waals surface area (Å²) in [5.74, 6) is 1.03. The van der Waals surface area contributed by atoms with Gasteiger partial charge in [0.05, 0.1) is 19.3 Å². The van der Waals surface area contributed by atoms with Gasteiger partial charge in [0, 0.05) is 44.0 Å². The second kappa shape index (κ2) is 16.0. The monoisotopic (exact) mass is 609 g/mol. The Hall–Kier alpha value is -5.21. The summed E-state index contributed by atoms with van der Waals surface area (Å²) in [5.41, 5.74) is 8.85. The molecule has 0 bridgehead atoms. The Morgan fingerprint density at radius 2 is 1.78 bits per heavy atom. The zero-order chi connectivity index (χ0) is 32.2. The molecule has 0 radical (unpaired) electrons. The molecule has 0 saturated carbocycles. The molecule has 3 aromatic carbocycles. The number of rotatable bonds is 10. The first-order valence-corrected chi connectivity index (χ1v) is 15.0. The van der Waals surface area contributed by atoms with Crippen molar-refractivity contribution in [3.8, 4) is 16.9 Å². The molecule has 45 heavy (non-hydrogen) atoms. The Bertz CT molecular complexity index is 1660. The first kappa shape index (κ1) is 32.7. The Morgan fingerprint density at radius 3 is 2.58 bits per heavy atom. The number of fused-ring (bicyclic) bond motifs is 1. The van der Waals surface area contributed by atoms with Crippen LogP contribution in [0.25, 0.3) is 11.1 Å². The van der Waals surface area contributed by atoms with Gasteiger partial charge in [-0.3, -0.25) is 9.48 Å².